The van der Waals surface area contributed by atoms with E-state index in [9.17, 15) is 22.8 Å². The zero-order valence-electron chi connectivity index (χ0n) is 19.4. The average Bonchev–Trinajstić information content (AvgIpc) is 2.74. The lowest BCUT2D eigenvalue weighted by Gasteiger charge is -2.44. The topological polar surface area (TPSA) is 65.1 Å². The minimum absolute atomic E-state index is 0.178. The molecule has 2 aliphatic rings. The van der Waals surface area contributed by atoms with Gasteiger partial charge in [-0.1, -0.05) is 0 Å². The Morgan fingerprint density at radius 3 is 2.18 bits per heavy atom. The number of ether oxygens (including phenoxy) is 1. The molecule has 2 fully saturated rings. The van der Waals surface area contributed by atoms with Crippen molar-refractivity contribution in [2.45, 2.75) is 64.5 Å². The molecular formula is C23H33F3N4O3. The number of nitrogens with one attached hydrogen (secondary N) is 1. The SMILES string of the molecule is C[C@@H]1CCC[C@H](C)N1C(=O)[C@H](C)N1CCN(CC(=O)Nc2ccc(OC(F)(F)F)cc2)CC1. The molecular weight excluding hydrogens is 437 g/mol. The van der Waals surface area contributed by atoms with Gasteiger partial charge in [-0.15, -0.1) is 13.2 Å². The van der Waals surface area contributed by atoms with Crippen LogP contribution in [0, 0.1) is 0 Å². The smallest absolute Gasteiger partial charge is 0.406 e. The number of carbonyl (C=O) groups is 2. The number of hydrogen-bond acceptors (Lipinski definition) is 5. The van der Waals surface area contributed by atoms with E-state index in [4.69, 9.17) is 0 Å². The van der Waals surface area contributed by atoms with Gasteiger partial charge in [0.05, 0.1) is 12.6 Å². The summed E-state index contributed by atoms with van der Waals surface area (Å²) in [6.07, 6.45) is -1.50. The quantitative estimate of drug-likeness (QED) is 0.691. The van der Waals surface area contributed by atoms with E-state index < -0.39 is 6.36 Å². The summed E-state index contributed by atoms with van der Waals surface area (Å²) in [6, 6.07) is 5.39. The molecule has 0 bridgehead atoms. The number of alkyl halides is 3. The van der Waals surface area contributed by atoms with Gasteiger partial charge in [0.2, 0.25) is 11.8 Å². The van der Waals surface area contributed by atoms with Crippen molar-refractivity contribution in [3.05, 3.63) is 24.3 Å². The summed E-state index contributed by atoms with van der Waals surface area (Å²) >= 11 is 0. The number of hydrogen-bond donors (Lipinski definition) is 1. The van der Waals surface area contributed by atoms with Crippen LogP contribution in [0.15, 0.2) is 24.3 Å². The van der Waals surface area contributed by atoms with Crippen LogP contribution in [0.2, 0.25) is 0 Å². The standard InChI is InChI=1S/C23H33F3N4O3/c1-16-5-4-6-17(2)30(16)22(32)18(3)29-13-11-28(12-14-29)15-21(31)27-19-7-9-20(10-8-19)33-23(24,25)26/h7-10,16-18H,4-6,11-15H2,1-3H3,(H,27,31)/t16-,17+,18-/m0/s1. The van der Waals surface area contributed by atoms with Crippen LogP contribution in [-0.2, 0) is 9.59 Å². The Balaban J connectivity index is 1.44. The van der Waals surface area contributed by atoms with E-state index in [-0.39, 0.29) is 42.2 Å². The molecule has 2 amide bonds. The molecule has 1 aromatic carbocycles. The number of halogens is 3. The summed E-state index contributed by atoms with van der Waals surface area (Å²) in [6.45, 7) is 9.09. The number of nitrogens with zero attached hydrogens (tertiary/aromatic N) is 3. The monoisotopic (exact) mass is 470 g/mol. The molecule has 1 aromatic rings. The minimum atomic E-state index is -4.75. The third-order valence-corrected chi connectivity index (χ3v) is 6.50. The first kappa shape index (κ1) is 25.3. The summed E-state index contributed by atoms with van der Waals surface area (Å²) in [5, 5.41) is 2.69. The van der Waals surface area contributed by atoms with Crippen LogP contribution in [-0.4, -0.2) is 83.7 Å². The molecule has 0 spiro atoms. The third-order valence-electron chi connectivity index (χ3n) is 6.50. The highest BCUT2D eigenvalue weighted by Gasteiger charge is 2.35. The van der Waals surface area contributed by atoms with Crippen molar-refractivity contribution in [2.75, 3.05) is 38.0 Å². The van der Waals surface area contributed by atoms with Crippen molar-refractivity contribution in [2.24, 2.45) is 0 Å². The van der Waals surface area contributed by atoms with Gasteiger partial charge in [-0.3, -0.25) is 19.4 Å². The molecule has 3 rings (SSSR count). The largest absolute Gasteiger partial charge is 0.573 e. The second-order valence-electron chi connectivity index (χ2n) is 8.98. The van der Waals surface area contributed by atoms with Gasteiger partial charge >= 0.3 is 6.36 Å². The van der Waals surface area contributed by atoms with Gasteiger partial charge in [0.1, 0.15) is 5.75 Å². The van der Waals surface area contributed by atoms with Crippen molar-refractivity contribution >= 4 is 17.5 Å². The Kier molecular flexibility index (Phi) is 8.23. The maximum atomic E-state index is 13.1. The minimum Gasteiger partial charge on any atom is -0.406 e. The number of carbonyl (C=O) groups excluding carboxylic acids is 2. The van der Waals surface area contributed by atoms with E-state index >= 15 is 0 Å². The molecule has 2 heterocycles. The predicted molar refractivity (Wildman–Crippen MR) is 119 cm³/mol. The van der Waals surface area contributed by atoms with Crippen LogP contribution in [0.4, 0.5) is 18.9 Å². The van der Waals surface area contributed by atoms with E-state index in [0.29, 0.717) is 31.9 Å². The molecule has 0 aromatic heterocycles. The fourth-order valence-electron chi connectivity index (χ4n) is 4.68. The molecule has 2 saturated heterocycles. The van der Waals surface area contributed by atoms with Gasteiger partial charge in [0.15, 0.2) is 0 Å². The highest BCUT2D eigenvalue weighted by atomic mass is 19.4. The fraction of sp³-hybridized carbons (Fsp3) is 0.652. The van der Waals surface area contributed by atoms with E-state index in [1.807, 2.05) is 16.7 Å². The van der Waals surface area contributed by atoms with Gasteiger partial charge in [0, 0.05) is 44.0 Å². The Labute approximate surface area is 192 Å². The van der Waals surface area contributed by atoms with Crippen molar-refractivity contribution < 1.29 is 27.5 Å². The first-order valence-electron chi connectivity index (χ1n) is 11.5. The normalized spacial score (nSPS) is 23.8. The molecule has 7 nitrogen and oxygen atoms in total. The number of anilines is 1. The van der Waals surface area contributed by atoms with Crippen molar-refractivity contribution in [3.63, 3.8) is 0 Å². The Bertz CT molecular complexity index is 800. The molecule has 10 heteroatoms. The van der Waals surface area contributed by atoms with Gasteiger partial charge in [-0.25, -0.2) is 0 Å². The lowest BCUT2D eigenvalue weighted by atomic mass is 9.96. The van der Waals surface area contributed by atoms with Gasteiger partial charge in [-0.2, -0.15) is 0 Å². The molecule has 0 saturated carbocycles. The van der Waals surface area contributed by atoms with Gasteiger partial charge in [0.25, 0.3) is 0 Å². The number of piperazine rings is 1. The second-order valence-corrected chi connectivity index (χ2v) is 8.98. The van der Waals surface area contributed by atoms with Crippen LogP contribution >= 0.6 is 0 Å². The molecule has 0 unspecified atom stereocenters. The van der Waals surface area contributed by atoms with Crippen molar-refractivity contribution in [3.8, 4) is 5.75 Å². The van der Waals surface area contributed by atoms with Crippen molar-refractivity contribution in [1.29, 1.82) is 0 Å². The summed E-state index contributed by atoms with van der Waals surface area (Å²) in [4.78, 5) is 31.7. The highest BCUT2D eigenvalue weighted by Crippen LogP contribution is 2.25. The predicted octanol–water partition coefficient (Wildman–Crippen LogP) is 3.32. The van der Waals surface area contributed by atoms with Crippen molar-refractivity contribution in [1.82, 2.24) is 14.7 Å². The lowest BCUT2D eigenvalue weighted by Crippen LogP contribution is -2.58. The number of piperidine rings is 1. The highest BCUT2D eigenvalue weighted by molar-refractivity contribution is 5.92. The maximum Gasteiger partial charge on any atom is 0.573 e. The number of amides is 2. The number of rotatable bonds is 6. The summed E-state index contributed by atoms with van der Waals surface area (Å²) < 4.78 is 40.6. The van der Waals surface area contributed by atoms with E-state index in [1.165, 1.54) is 12.1 Å². The van der Waals surface area contributed by atoms with Crippen LogP contribution in [0.5, 0.6) is 5.75 Å². The summed E-state index contributed by atoms with van der Waals surface area (Å²) in [7, 11) is 0. The van der Waals surface area contributed by atoms with Crippen LogP contribution in [0.3, 0.4) is 0 Å². The molecule has 3 atom stereocenters. The van der Waals surface area contributed by atoms with E-state index in [1.54, 1.807) is 0 Å². The summed E-state index contributed by atoms with van der Waals surface area (Å²) in [5.74, 6) is -0.402. The first-order chi connectivity index (χ1) is 15.5. The fourth-order valence-corrected chi connectivity index (χ4v) is 4.68. The Hall–Kier alpha value is -2.33. The average molecular weight is 471 g/mol. The van der Waals surface area contributed by atoms with E-state index in [0.717, 1.165) is 31.4 Å². The first-order valence-corrected chi connectivity index (χ1v) is 11.5. The van der Waals surface area contributed by atoms with Gasteiger partial charge < -0.3 is 15.0 Å². The summed E-state index contributed by atoms with van der Waals surface area (Å²) in [5.41, 5.74) is 0.400. The number of benzene rings is 1. The second kappa shape index (κ2) is 10.7. The van der Waals surface area contributed by atoms with E-state index in [2.05, 4.69) is 28.8 Å². The molecule has 33 heavy (non-hydrogen) atoms. The zero-order valence-corrected chi connectivity index (χ0v) is 19.4. The van der Waals surface area contributed by atoms with Crippen LogP contribution < -0.4 is 10.1 Å². The zero-order chi connectivity index (χ0) is 24.2. The van der Waals surface area contributed by atoms with Gasteiger partial charge in [-0.05, 0) is 64.3 Å². The lowest BCUT2D eigenvalue weighted by molar-refractivity contribution is -0.274. The maximum absolute atomic E-state index is 13.1. The van der Waals surface area contributed by atoms with Crippen LogP contribution in [0.1, 0.15) is 40.0 Å². The Morgan fingerprint density at radius 2 is 1.64 bits per heavy atom. The van der Waals surface area contributed by atoms with Crippen LogP contribution in [0.25, 0.3) is 0 Å². The third kappa shape index (κ3) is 7.07. The number of likely N-dealkylation sites (tertiary alicyclic amines) is 1. The molecule has 0 radical (unpaired) electrons. The molecule has 0 aliphatic carbocycles. The molecule has 2 aliphatic heterocycles. The molecule has 1 N–H and O–H groups in total. The molecule has 184 valence electrons. The Morgan fingerprint density at radius 1 is 1.06 bits per heavy atom.